The Kier molecular flexibility index (Phi) is 6.13. The largest absolute Gasteiger partial charge is 0.377 e. The molecule has 0 amide bonds. The van der Waals surface area contributed by atoms with Gasteiger partial charge in [0.25, 0.3) is 11.4 Å². The van der Waals surface area contributed by atoms with Crippen LogP contribution in [-0.2, 0) is 10.8 Å². The van der Waals surface area contributed by atoms with Crippen molar-refractivity contribution < 1.29 is 9.85 Å². The summed E-state index contributed by atoms with van der Waals surface area (Å²) in [7, 11) is 0. The van der Waals surface area contributed by atoms with Gasteiger partial charge >= 0.3 is 0 Å². The lowest BCUT2D eigenvalue weighted by atomic mass is 9.75. The Balaban J connectivity index is 1.66. The summed E-state index contributed by atoms with van der Waals surface area (Å²) in [5.74, 6) is 0. The van der Waals surface area contributed by atoms with E-state index in [1.54, 1.807) is 18.2 Å². The van der Waals surface area contributed by atoms with E-state index in [0.717, 1.165) is 11.3 Å². The lowest BCUT2D eigenvalue weighted by Crippen LogP contribution is -2.68. The predicted octanol–water partition coefficient (Wildman–Crippen LogP) is 4.06. The second-order valence-corrected chi connectivity index (χ2v) is 11.4. The summed E-state index contributed by atoms with van der Waals surface area (Å²) in [5.41, 5.74) is 2.49. The molecule has 10 nitrogen and oxygen atoms in total. The van der Waals surface area contributed by atoms with E-state index in [9.17, 15) is 29.8 Å². The molecule has 0 fully saturated rings. The van der Waals surface area contributed by atoms with Crippen LogP contribution in [-0.4, -0.2) is 21.6 Å². The smallest absolute Gasteiger partial charge is 0.269 e. The quantitative estimate of drug-likeness (QED) is 0.365. The van der Waals surface area contributed by atoms with E-state index in [1.165, 1.54) is 18.2 Å². The Morgan fingerprint density at radius 1 is 0.875 bits per heavy atom. The van der Waals surface area contributed by atoms with Crippen LogP contribution in [0.3, 0.4) is 0 Å². The van der Waals surface area contributed by atoms with Crippen LogP contribution >= 0.6 is 0 Å². The molecule has 3 aromatic rings. The number of nitrogens with zero attached hydrogens (tertiary/aromatic N) is 3. The number of benzene rings is 2. The number of nitro groups is 2. The zero-order valence-electron chi connectivity index (χ0n) is 23.2. The summed E-state index contributed by atoms with van der Waals surface area (Å²) in [6.45, 7) is 11.4. The molecule has 5 rings (SSSR count). The summed E-state index contributed by atoms with van der Waals surface area (Å²) < 4.78 is 0. The number of rotatable bonds is 6. The topological polar surface area (TPSA) is 145 Å². The minimum Gasteiger partial charge on any atom is -0.377 e. The minimum atomic E-state index is -0.737. The maximum absolute atomic E-state index is 13.7. The lowest BCUT2D eigenvalue weighted by molar-refractivity contribution is -0.385. The van der Waals surface area contributed by atoms with Crippen LogP contribution in [0.4, 0.5) is 22.7 Å². The summed E-state index contributed by atoms with van der Waals surface area (Å²) in [4.78, 5) is 54.1. The van der Waals surface area contributed by atoms with Gasteiger partial charge in [-0.2, -0.15) is 0 Å². The molecule has 2 aliphatic heterocycles. The Hall–Kier alpha value is -4.47. The van der Waals surface area contributed by atoms with Crippen molar-refractivity contribution >= 4 is 39.6 Å². The summed E-state index contributed by atoms with van der Waals surface area (Å²) in [5, 5.41) is 26.4. The molecule has 0 aliphatic carbocycles. The molecule has 1 atom stereocenters. The Labute approximate surface area is 229 Å². The summed E-state index contributed by atoms with van der Waals surface area (Å²) in [6.07, 6.45) is 0.836. The third-order valence-corrected chi connectivity index (χ3v) is 8.52. The van der Waals surface area contributed by atoms with Crippen LogP contribution in [0.2, 0.25) is 0 Å². The van der Waals surface area contributed by atoms with Gasteiger partial charge < -0.3 is 5.32 Å². The van der Waals surface area contributed by atoms with E-state index < -0.39 is 26.7 Å². The van der Waals surface area contributed by atoms with E-state index in [4.69, 9.17) is 4.99 Å². The fraction of sp³-hybridized carbons (Fsp3) is 0.367. The Bertz CT molecular complexity index is 1830. The highest BCUT2D eigenvalue weighted by atomic mass is 16.6. The standard InChI is InChI=1S/C30H30N4O6/c1-7-17(27-29(3,4)19-13-15(33(37)38)9-11-21(19)31-27)23-25(35)24(26(23)36)18(8-2)28-30(5,6)20-14-16(34(39)40)10-12-22(20)32-28/h9-14,27,31H,7-8H2,1-6H3. The number of aliphatic imine (C=N–C) groups is 1. The maximum Gasteiger partial charge on any atom is 0.269 e. The highest BCUT2D eigenvalue weighted by molar-refractivity contribution is 6.26. The number of hydrogen-bond donors (Lipinski definition) is 1. The molecule has 1 N–H and O–H groups in total. The predicted molar refractivity (Wildman–Crippen MR) is 155 cm³/mol. The monoisotopic (exact) mass is 542 g/mol. The van der Waals surface area contributed by atoms with E-state index in [-0.39, 0.29) is 32.7 Å². The van der Waals surface area contributed by atoms with Gasteiger partial charge in [0.15, 0.2) is 0 Å². The van der Waals surface area contributed by atoms with Crippen molar-refractivity contribution in [1.82, 2.24) is 0 Å². The molecular weight excluding hydrogens is 512 g/mol. The van der Waals surface area contributed by atoms with Crippen molar-refractivity contribution in [3.8, 4) is 0 Å². The fourth-order valence-electron chi connectivity index (χ4n) is 6.33. The van der Waals surface area contributed by atoms with E-state index >= 15 is 0 Å². The molecule has 3 aromatic carbocycles. The van der Waals surface area contributed by atoms with E-state index in [1.807, 2.05) is 41.5 Å². The van der Waals surface area contributed by atoms with Gasteiger partial charge in [-0.15, -0.1) is 0 Å². The highest BCUT2D eigenvalue weighted by Crippen LogP contribution is 2.46. The molecule has 0 radical (unpaired) electrons. The zero-order valence-corrected chi connectivity index (χ0v) is 23.2. The van der Waals surface area contributed by atoms with Crippen molar-refractivity contribution in [1.29, 1.82) is 0 Å². The van der Waals surface area contributed by atoms with Gasteiger partial charge in [0.2, 0.25) is 10.9 Å². The molecular formula is C30H30N4O6. The summed E-state index contributed by atoms with van der Waals surface area (Å²) in [6, 6.07) is 8.76. The van der Waals surface area contributed by atoms with Crippen LogP contribution in [0.1, 0.15) is 65.5 Å². The third-order valence-electron chi connectivity index (χ3n) is 8.52. The minimum absolute atomic E-state index is 0.0140. The van der Waals surface area contributed by atoms with Gasteiger partial charge in [-0.3, -0.25) is 34.8 Å². The third kappa shape index (κ3) is 3.73. The maximum atomic E-state index is 13.7. The number of fused-ring (bicyclic) bond motifs is 2. The van der Waals surface area contributed by atoms with Crippen LogP contribution in [0.15, 0.2) is 51.0 Å². The highest BCUT2D eigenvalue weighted by Gasteiger charge is 2.43. The second-order valence-electron chi connectivity index (χ2n) is 11.4. The molecule has 0 aromatic heterocycles. The van der Waals surface area contributed by atoms with Crippen molar-refractivity contribution in [2.24, 2.45) is 4.99 Å². The van der Waals surface area contributed by atoms with Crippen molar-refractivity contribution in [2.75, 3.05) is 5.32 Å². The Morgan fingerprint density at radius 2 is 1.45 bits per heavy atom. The number of anilines is 1. The van der Waals surface area contributed by atoms with E-state index in [0.29, 0.717) is 41.0 Å². The molecule has 2 heterocycles. The van der Waals surface area contributed by atoms with Crippen LogP contribution < -0.4 is 26.6 Å². The molecule has 0 saturated carbocycles. The van der Waals surface area contributed by atoms with Crippen molar-refractivity contribution in [3.05, 3.63) is 98.6 Å². The van der Waals surface area contributed by atoms with Gasteiger partial charge in [0, 0.05) is 40.8 Å². The first kappa shape index (κ1) is 27.1. The van der Waals surface area contributed by atoms with Crippen LogP contribution in [0.25, 0.3) is 11.1 Å². The first-order valence-electron chi connectivity index (χ1n) is 13.2. The van der Waals surface area contributed by atoms with Crippen molar-refractivity contribution in [2.45, 2.75) is 71.3 Å². The first-order valence-corrected chi connectivity index (χ1v) is 13.2. The molecule has 1 unspecified atom stereocenters. The first-order chi connectivity index (χ1) is 18.7. The molecule has 206 valence electrons. The number of nitro benzene ring substituents is 2. The van der Waals surface area contributed by atoms with Gasteiger partial charge in [0.1, 0.15) is 0 Å². The van der Waals surface area contributed by atoms with Crippen molar-refractivity contribution in [3.63, 3.8) is 0 Å². The fourth-order valence-corrected chi connectivity index (χ4v) is 6.33. The molecule has 0 saturated heterocycles. The molecule has 10 heteroatoms. The number of nitrogens with one attached hydrogen (secondary N) is 1. The number of hydrogen-bond acceptors (Lipinski definition) is 8. The van der Waals surface area contributed by atoms with Crippen LogP contribution in [0.5, 0.6) is 0 Å². The second kappa shape index (κ2) is 9.04. The zero-order chi connectivity index (χ0) is 29.3. The summed E-state index contributed by atoms with van der Waals surface area (Å²) >= 11 is 0. The lowest BCUT2D eigenvalue weighted by Gasteiger charge is -2.30. The normalized spacial score (nSPS) is 18.1. The molecule has 2 aliphatic rings. The number of non-ortho nitro benzene ring substituents is 2. The SMILES string of the molecule is CCC(C1=Nc2ccc([N+](=O)[O-])cc2C1(C)C)=c1c(=O)c(=C(CC)C2Nc3ccc([N+](=O)[O-])cc3C2(C)C)c1=O. The van der Waals surface area contributed by atoms with Gasteiger partial charge in [0.05, 0.1) is 37.7 Å². The Morgan fingerprint density at radius 3 is 2.00 bits per heavy atom. The molecule has 0 bridgehead atoms. The molecule has 0 spiro atoms. The average Bonchev–Trinajstić information content (AvgIpc) is 3.33. The van der Waals surface area contributed by atoms with Gasteiger partial charge in [-0.05, 0) is 47.2 Å². The van der Waals surface area contributed by atoms with E-state index in [2.05, 4.69) is 5.32 Å². The average molecular weight is 543 g/mol. The molecule has 40 heavy (non-hydrogen) atoms. The van der Waals surface area contributed by atoms with Gasteiger partial charge in [-0.1, -0.05) is 41.5 Å². The van der Waals surface area contributed by atoms with Gasteiger partial charge in [-0.25, -0.2) is 0 Å². The van der Waals surface area contributed by atoms with Crippen LogP contribution in [0, 0.1) is 20.2 Å².